The van der Waals surface area contributed by atoms with E-state index in [1.54, 1.807) is 6.20 Å². The molecule has 1 aromatic heterocycles. The average molecular weight is 287 g/mol. The molecule has 1 fully saturated rings. The van der Waals surface area contributed by atoms with Crippen LogP contribution in [-0.2, 0) is 0 Å². The number of H-pyrrole nitrogens is 1. The zero-order chi connectivity index (χ0) is 14.0. The molecular weight excluding hydrogens is 266 g/mol. The first kappa shape index (κ1) is 13.6. The lowest BCUT2D eigenvalue weighted by Gasteiger charge is -2.39. The van der Waals surface area contributed by atoms with E-state index < -0.39 is 0 Å². The van der Waals surface area contributed by atoms with Gasteiger partial charge in [0.25, 0.3) is 0 Å². The fourth-order valence-corrected chi connectivity index (χ4v) is 4.17. The highest BCUT2D eigenvalue weighted by atomic mass is 32.2. The van der Waals surface area contributed by atoms with Gasteiger partial charge in [-0.05, 0) is 35.8 Å². The normalized spacial score (nSPS) is 21.6. The molecule has 1 aliphatic heterocycles. The van der Waals surface area contributed by atoms with Gasteiger partial charge < -0.3 is 5.32 Å². The molecule has 1 aromatic carbocycles. The summed E-state index contributed by atoms with van der Waals surface area (Å²) in [7, 11) is 0. The molecule has 1 aliphatic rings. The van der Waals surface area contributed by atoms with Crippen LogP contribution in [0.1, 0.15) is 20.3 Å². The van der Waals surface area contributed by atoms with Gasteiger partial charge in [-0.1, -0.05) is 26.0 Å². The second-order valence-corrected chi connectivity index (χ2v) is 7.21. The predicted octanol–water partition coefficient (Wildman–Crippen LogP) is 4.02. The molecule has 0 amide bonds. The van der Waals surface area contributed by atoms with Crippen molar-refractivity contribution in [2.45, 2.75) is 26.3 Å². The van der Waals surface area contributed by atoms with Crippen molar-refractivity contribution in [3.05, 3.63) is 36.5 Å². The van der Waals surface area contributed by atoms with Crippen molar-refractivity contribution in [2.75, 3.05) is 16.8 Å². The Hall–Kier alpha value is -1.42. The molecule has 0 spiro atoms. The maximum atomic E-state index is 4.02. The number of nitrogens with one attached hydrogen (secondary N) is 2. The van der Waals surface area contributed by atoms with E-state index in [9.17, 15) is 0 Å². The van der Waals surface area contributed by atoms with Crippen LogP contribution in [0.3, 0.4) is 0 Å². The summed E-state index contributed by atoms with van der Waals surface area (Å²) >= 11 is 2.05. The van der Waals surface area contributed by atoms with Gasteiger partial charge in [-0.3, -0.25) is 5.10 Å². The third-order valence-corrected chi connectivity index (χ3v) is 5.20. The van der Waals surface area contributed by atoms with E-state index in [4.69, 9.17) is 0 Å². The van der Waals surface area contributed by atoms with Crippen molar-refractivity contribution in [2.24, 2.45) is 5.41 Å². The summed E-state index contributed by atoms with van der Waals surface area (Å²) in [6.45, 7) is 4.73. The number of aromatic nitrogens is 2. The lowest BCUT2D eigenvalue weighted by molar-refractivity contribution is 0.305. The first-order chi connectivity index (χ1) is 9.65. The van der Waals surface area contributed by atoms with Crippen molar-refractivity contribution in [1.82, 2.24) is 10.2 Å². The zero-order valence-electron chi connectivity index (χ0n) is 12.0. The van der Waals surface area contributed by atoms with E-state index in [0.717, 1.165) is 5.69 Å². The van der Waals surface area contributed by atoms with Crippen LogP contribution < -0.4 is 5.32 Å². The Kier molecular flexibility index (Phi) is 3.74. The average Bonchev–Trinajstić information content (AvgIpc) is 2.96. The van der Waals surface area contributed by atoms with Crippen LogP contribution in [0.4, 0.5) is 5.69 Å². The zero-order valence-corrected chi connectivity index (χ0v) is 12.8. The van der Waals surface area contributed by atoms with Crippen LogP contribution in [0.15, 0.2) is 36.5 Å². The molecule has 20 heavy (non-hydrogen) atoms. The van der Waals surface area contributed by atoms with E-state index in [1.807, 2.05) is 17.8 Å². The molecule has 2 heterocycles. The van der Waals surface area contributed by atoms with E-state index >= 15 is 0 Å². The SMILES string of the molecule is CC1(C)CCSCC1Nc1cccc(-c2ccn[nH]2)c1. The number of benzene rings is 1. The molecule has 1 atom stereocenters. The number of hydrogen-bond acceptors (Lipinski definition) is 3. The molecule has 2 aromatic rings. The highest BCUT2D eigenvalue weighted by Crippen LogP contribution is 2.36. The summed E-state index contributed by atoms with van der Waals surface area (Å²) in [5.74, 6) is 2.46. The minimum Gasteiger partial charge on any atom is -0.381 e. The quantitative estimate of drug-likeness (QED) is 0.895. The molecule has 0 saturated carbocycles. The third kappa shape index (κ3) is 2.85. The van der Waals surface area contributed by atoms with Crippen LogP contribution in [-0.4, -0.2) is 27.7 Å². The van der Waals surface area contributed by atoms with Crippen molar-refractivity contribution < 1.29 is 0 Å². The lowest BCUT2D eigenvalue weighted by Crippen LogP contribution is -2.41. The Bertz CT molecular complexity index is 563. The Labute approximate surface area is 124 Å². The van der Waals surface area contributed by atoms with Crippen molar-refractivity contribution in [1.29, 1.82) is 0 Å². The third-order valence-electron chi connectivity index (χ3n) is 4.13. The Morgan fingerprint density at radius 1 is 1.35 bits per heavy atom. The van der Waals surface area contributed by atoms with Gasteiger partial charge in [0.05, 0.1) is 5.69 Å². The number of aromatic amines is 1. The van der Waals surface area contributed by atoms with E-state index in [2.05, 4.69) is 53.6 Å². The number of anilines is 1. The molecule has 0 bridgehead atoms. The van der Waals surface area contributed by atoms with Gasteiger partial charge >= 0.3 is 0 Å². The molecule has 0 aliphatic carbocycles. The maximum absolute atomic E-state index is 4.02. The minimum atomic E-state index is 0.356. The van der Waals surface area contributed by atoms with Gasteiger partial charge in [-0.15, -0.1) is 0 Å². The summed E-state index contributed by atoms with van der Waals surface area (Å²) < 4.78 is 0. The summed E-state index contributed by atoms with van der Waals surface area (Å²) in [4.78, 5) is 0. The Morgan fingerprint density at radius 2 is 2.25 bits per heavy atom. The number of rotatable bonds is 3. The van der Waals surface area contributed by atoms with Crippen molar-refractivity contribution >= 4 is 17.4 Å². The van der Waals surface area contributed by atoms with Crippen molar-refractivity contribution in [3.8, 4) is 11.3 Å². The minimum absolute atomic E-state index is 0.356. The predicted molar refractivity (Wildman–Crippen MR) is 87.2 cm³/mol. The number of hydrogen-bond donors (Lipinski definition) is 2. The summed E-state index contributed by atoms with van der Waals surface area (Å²) in [6.07, 6.45) is 3.06. The van der Waals surface area contributed by atoms with Crippen LogP contribution in [0.25, 0.3) is 11.3 Å². The van der Waals surface area contributed by atoms with Gasteiger partial charge in [-0.25, -0.2) is 0 Å². The highest BCUT2D eigenvalue weighted by Gasteiger charge is 2.32. The second kappa shape index (κ2) is 5.52. The van der Waals surface area contributed by atoms with E-state index in [0.29, 0.717) is 11.5 Å². The van der Waals surface area contributed by atoms with E-state index in [-0.39, 0.29) is 0 Å². The van der Waals surface area contributed by atoms with Crippen LogP contribution in [0, 0.1) is 5.41 Å². The molecule has 3 nitrogen and oxygen atoms in total. The fraction of sp³-hybridized carbons (Fsp3) is 0.438. The molecule has 1 unspecified atom stereocenters. The van der Waals surface area contributed by atoms with Crippen LogP contribution in [0.5, 0.6) is 0 Å². The topological polar surface area (TPSA) is 40.7 Å². The molecule has 1 saturated heterocycles. The fourth-order valence-electron chi connectivity index (χ4n) is 2.57. The maximum Gasteiger partial charge on any atom is 0.0650 e. The standard InChI is InChI=1S/C16H21N3S/c1-16(2)7-9-20-11-15(16)18-13-5-3-4-12(10-13)14-6-8-17-19-14/h3-6,8,10,15,18H,7,9,11H2,1-2H3,(H,17,19). The highest BCUT2D eigenvalue weighted by molar-refractivity contribution is 7.99. The van der Waals surface area contributed by atoms with Gasteiger partial charge in [0.1, 0.15) is 0 Å². The van der Waals surface area contributed by atoms with Crippen molar-refractivity contribution in [3.63, 3.8) is 0 Å². The van der Waals surface area contributed by atoms with Gasteiger partial charge in [-0.2, -0.15) is 16.9 Å². The molecular formula is C16H21N3S. The molecule has 106 valence electrons. The molecule has 3 rings (SSSR count). The monoisotopic (exact) mass is 287 g/mol. The summed E-state index contributed by atoms with van der Waals surface area (Å²) in [5, 5.41) is 10.8. The van der Waals surface area contributed by atoms with Crippen LogP contribution >= 0.6 is 11.8 Å². The van der Waals surface area contributed by atoms with E-state index in [1.165, 1.54) is 29.2 Å². The first-order valence-electron chi connectivity index (χ1n) is 7.09. The summed E-state index contributed by atoms with van der Waals surface area (Å²) in [5.41, 5.74) is 3.78. The second-order valence-electron chi connectivity index (χ2n) is 6.06. The van der Waals surface area contributed by atoms with Gasteiger partial charge in [0, 0.05) is 29.2 Å². The Morgan fingerprint density at radius 3 is 3.00 bits per heavy atom. The van der Waals surface area contributed by atoms with Gasteiger partial charge in [0.15, 0.2) is 0 Å². The molecule has 2 N–H and O–H groups in total. The molecule has 4 heteroatoms. The summed E-state index contributed by atoms with van der Waals surface area (Å²) in [6, 6.07) is 11.1. The largest absolute Gasteiger partial charge is 0.381 e. The van der Waals surface area contributed by atoms with Gasteiger partial charge in [0.2, 0.25) is 0 Å². The van der Waals surface area contributed by atoms with Crippen LogP contribution in [0.2, 0.25) is 0 Å². The first-order valence-corrected chi connectivity index (χ1v) is 8.25. The smallest absolute Gasteiger partial charge is 0.0650 e. The number of thioether (sulfide) groups is 1. The number of nitrogens with zero attached hydrogens (tertiary/aromatic N) is 1. The lowest BCUT2D eigenvalue weighted by atomic mass is 9.82. The molecule has 0 radical (unpaired) electrons. The Balaban J connectivity index is 1.79.